The number of hydrogen-bond donors (Lipinski definition) is 0. The summed E-state index contributed by atoms with van der Waals surface area (Å²) in [4.78, 5) is 37.1. The van der Waals surface area contributed by atoms with Crippen molar-refractivity contribution >= 4 is 17.8 Å². The van der Waals surface area contributed by atoms with E-state index in [1.54, 1.807) is 0 Å². The third kappa shape index (κ3) is 10.8. The Hall–Kier alpha value is -2.21. The van der Waals surface area contributed by atoms with Gasteiger partial charge in [-0.25, -0.2) is 4.79 Å². The highest BCUT2D eigenvalue weighted by atomic mass is 16.5. The van der Waals surface area contributed by atoms with Crippen molar-refractivity contribution in [3.63, 3.8) is 0 Å². The maximum Gasteiger partial charge on any atom is 0.337 e. The molecule has 0 bridgehead atoms. The molecule has 0 saturated carbocycles. The van der Waals surface area contributed by atoms with Crippen LogP contribution in [0, 0.1) is 11.8 Å². The molecule has 0 aromatic rings. The second-order valence-electron chi connectivity index (χ2n) is 7.08. The van der Waals surface area contributed by atoms with Crippen molar-refractivity contribution in [2.75, 3.05) is 19.9 Å². The lowest BCUT2D eigenvalue weighted by molar-refractivity contribution is -0.145. The molecule has 0 aromatic heterocycles. The molecule has 0 heterocycles. The fourth-order valence-corrected chi connectivity index (χ4v) is 2.24. The number of carbonyl (C=O) groups excluding carboxylic acids is 3. The Morgan fingerprint density at radius 3 is 2.29 bits per heavy atom. The molecule has 0 spiro atoms. The maximum absolute atomic E-state index is 12.3. The SMILES string of the molecule is C=CC(=O)N(COCC(C)C)C(=O)C=CC(=C)C(=O)OCC(CC)CCCC. The highest BCUT2D eigenvalue weighted by Crippen LogP contribution is 2.13. The van der Waals surface area contributed by atoms with E-state index in [0.29, 0.717) is 19.1 Å². The van der Waals surface area contributed by atoms with Crippen LogP contribution in [-0.2, 0) is 23.9 Å². The van der Waals surface area contributed by atoms with Crippen molar-refractivity contribution in [2.24, 2.45) is 11.8 Å². The first-order valence-electron chi connectivity index (χ1n) is 9.86. The Balaban J connectivity index is 4.70. The number of rotatable bonds is 14. The zero-order valence-electron chi connectivity index (χ0n) is 17.7. The molecule has 0 aliphatic rings. The Kier molecular flexibility index (Phi) is 13.6. The molecule has 0 saturated heterocycles. The van der Waals surface area contributed by atoms with Gasteiger partial charge in [-0.3, -0.25) is 14.5 Å². The summed E-state index contributed by atoms with van der Waals surface area (Å²) in [6.07, 6.45) is 7.54. The van der Waals surface area contributed by atoms with Gasteiger partial charge >= 0.3 is 5.97 Å². The van der Waals surface area contributed by atoms with Crippen LogP contribution >= 0.6 is 0 Å². The third-order valence-electron chi connectivity index (χ3n) is 4.06. The van der Waals surface area contributed by atoms with E-state index in [1.165, 1.54) is 6.08 Å². The molecule has 0 fully saturated rings. The predicted molar refractivity (Wildman–Crippen MR) is 110 cm³/mol. The highest BCUT2D eigenvalue weighted by Gasteiger charge is 2.18. The zero-order valence-corrected chi connectivity index (χ0v) is 17.7. The van der Waals surface area contributed by atoms with E-state index in [0.717, 1.165) is 42.7 Å². The van der Waals surface area contributed by atoms with Gasteiger partial charge in [0.2, 0.25) is 0 Å². The van der Waals surface area contributed by atoms with Gasteiger partial charge in [-0.2, -0.15) is 0 Å². The van der Waals surface area contributed by atoms with Gasteiger partial charge in [-0.1, -0.05) is 60.1 Å². The summed E-state index contributed by atoms with van der Waals surface area (Å²) in [6.45, 7) is 15.7. The maximum atomic E-state index is 12.3. The second-order valence-corrected chi connectivity index (χ2v) is 7.08. The summed E-state index contributed by atoms with van der Waals surface area (Å²) in [5.41, 5.74) is 0.0489. The molecular formula is C22H35NO5. The zero-order chi connectivity index (χ0) is 21.5. The van der Waals surface area contributed by atoms with Crippen LogP contribution < -0.4 is 0 Å². The molecule has 0 aliphatic heterocycles. The van der Waals surface area contributed by atoms with Crippen molar-refractivity contribution in [1.29, 1.82) is 0 Å². The Morgan fingerprint density at radius 1 is 1.07 bits per heavy atom. The van der Waals surface area contributed by atoms with Crippen molar-refractivity contribution in [3.05, 3.63) is 37.0 Å². The van der Waals surface area contributed by atoms with Crippen LogP contribution in [0.15, 0.2) is 37.0 Å². The fourth-order valence-electron chi connectivity index (χ4n) is 2.24. The number of esters is 1. The van der Waals surface area contributed by atoms with Crippen molar-refractivity contribution < 1.29 is 23.9 Å². The highest BCUT2D eigenvalue weighted by molar-refractivity contribution is 6.05. The summed E-state index contributed by atoms with van der Waals surface area (Å²) >= 11 is 0. The number of unbranched alkanes of at least 4 members (excludes halogenated alkanes) is 1. The molecule has 1 unspecified atom stereocenters. The Morgan fingerprint density at radius 2 is 1.75 bits per heavy atom. The number of ether oxygens (including phenoxy) is 2. The molecule has 28 heavy (non-hydrogen) atoms. The lowest BCUT2D eigenvalue weighted by Crippen LogP contribution is -2.36. The predicted octanol–water partition coefficient (Wildman–Crippen LogP) is 4.03. The van der Waals surface area contributed by atoms with Crippen LogP contribution in [0.3, 0.4) is 0 Å². The van der Waals surface area contributed by atoms with Gasteiger partial charge in [0.1, 0.15) is 6.73 Å². The van der Waals surface area contributed by atoms with Crippen molar-refractivity contribution in [3.8, 4) is 0 Å². The third-order valence-corrected chi connectivity index (χ3v) is 4.06. The van der Waals surface area contributed by atoms with Gasteiger partial charge in [0.05, 0.1) is 18.8 Å². The van der Waals surface area contributed by atoms with E-state index in [9.17, 15) is 14.4 Å². The molecule has 0 aliphatic carbocycles. The first-order valence-corrected chi connectivity index (χ1v) is 9.86. The summed E-state index contributed by atoms with van der Waals surface area (Å²) in [5, 5.41) is 0. The average Bonchev–Trinajstić information content (AvgIpc) is 2.68. The van der Waals surface area contributed by atoms with Gasteiger partial charge in [0, 0.05) is 6.08 Å². The molecule has 6 nitrogen and oxygen atoms in total. The number of imide groups is 1. The smallest absolute Gasteiger partial charge is 0.337 e. The lowest BCUT2D eigenvalue weighted by Gasteiger charge is -2.18. The first-order chi connectivity index (χ1) is 13.3. The minimum atomic E-state index is -0.614. The summed E-state index contributed by atoms with van der Waals surface area (Å²) < 4.78 is 10.6. The largest absolute Gasteiger partial charge is 0.462 e. The van der Waals surface area contributed by atoms with E-state index >= 15 is 0 Å². The van der Waals surface area contributed by atoms with Crippen molar-refractivity contribution in [2.45, 2.75) is 53.4 Å². The standard InChI is InChI=1S/C22H35NO5/c1-7-10-11-19(8-2)15-28-22(26)18(6)12-13-21(25)23(20(24)9-3)16-27-14-17(4)5/h9,12-13,17,19H,3,6-8,10-11,14-16H2,1-2,4-5H3. The topological polar surface area (TPSA) is 72.9 Å². The molecule has 1 atom stereocenters. The van der Waals surface area contributed by atoms with Crippen LogP contribution in [0.4, 0.5) is 0 Å². The fraction of sp³-hybridized carbons (Fsp3) is 0.591. The van der Waals surface area contributed by atoms with Gasteiger partial charge in [-0.15, -0.1) is 0 Å². The molecule has 0 rings (SSSR count). The van der Waals surface area contributed by atoms with E-state index in [4.69, 9.17) is 9.47 Å². The van der Waals surface area contributed by atoms with Crippen molar-refractivity contribution in [1.82, 2.24) is 4.90 Å². The van der Waals surface area contributed by atoms with Crippen LogP contribution in [0.2, 0.25) is 0 Å². The molecule has 6 heteroatoms. The molecule has 0 N–H and O–H groups in total. The van der Waals surface area contributed by atoms with Gasteiger partial charge < -0.3 is 9.47 Å². The van der Waals surface area contributed by atoms with Crippen LogP contribution in [0.25, 0.3) is 0 Å². The number of hydrogen-bond acceptors (Lipinski definition) is 5. The Bertz CT molecular complexity index is 565. The van der Waals surface area contributed by atoms with Crippen LogP contribution in [0.1, 0.15) is 53.4 Å². The molecule has 0 aromatic carbocycles. The quantitative estimate of drug-likeness (QED) is 0.193. The molecule has 0 radical (unpaired) electrons. The lowest BCUT2D eigenvalue weighted by atomic mass is 10.0. The van der Waals surface area contributed by atoms with Gasteiger partial charge in [0.25, 0.3) is 11.8 Å². The second kappa shape index (κ2) is 14.8. The van der Waals surface area contributed by atoms with Crippen LogP contribution in [0.5, 0.6) is 0 Å². The van der Waals surface area contributed by atoms with Gasteiger partial charge in [0.15, 0.2) is 0 Å². The van der Waals surface area contributed by atoms with Crippen LogP contribution in [-0.4, -0.2) is 42.6 Å². The summed E-state index contributed by atoms with van der Waals surface area (Å²) in [5.74, 6) is -1.17. The minimum absolute atomic E-state index is 0.0489. The van der Waals surface area contributed by atoms with Gasteiger partial charge in [-0.05, 0) is 30.4 Å². The summed E-state index contributed by atoms with van der Waals surface area (Å²) in [6, 6.07) is 0. The molecule has 158 valence electrons. The number of amides is 2. The van der Waals surface area contributed by atoms with E-state index in [2.05, 4.69) is 27.0 Å². The van der Waals surface area contributed by atoms with E-state index in [1.807, 2.05) is 13.8 Å². The van der Waals surface area contributed by atoms with E-state index < -0.39 is 17.8 Å². The summed E-state index contributed by atoms with van der Waals surface area (Å²) in [7, 11) is 0. The monoisotopic (exact) mass is 393 g/mol. The molecule has 2 amide bonds. The number of carbonyl (C=O) groups is 3. The number of nitrogens with zero attached hydrogens (tertiary/aromatic N) is 1. The minimum Gasteiger partial charge on any atom is -0.462 e. The molecular weight excluding hydrogens is 358 g/mol. The van der Waals surface area contributed by atoms with E-state index in [-0.39, 0.29) is 18.2 Å². The average molecular weight is 394 g/mol. The first kappa shape index (κ1) is 25.8. The normalized spacial score (nSPS) is 12.0. The Labute approximate surface area is 169 Å².